The maximum Gasteiger partial charge on any atom is 0.0443 e. The minimum atomic E-state index is 1.09. The van der Waals surface area contributed by atoms with Gasteiger partial charge in [0.25, 0.3) is 0 Å². The summed E-state index contributed by atoms with van der Waals surface area (Å²) < 4.78 is 4.40. The van der Waals surface area contributed by atoms with E-state index in [1.165, 1.54) is 4.90 Å². The van der Waals surface area contributed by atoms with Gasteiger partial charge in [-0.2, -0.15) is 0 Å². The summed E-state index contributed by atoms with van der Waals surface area (Å²) in [6.45, 7) is 0. The lowest BCUT2D eigenvalue weighted by Gasteiger charge is -2.07. The molecule has 0 saturated heterocycles. The summed E-state index contributed by atoms with van der Waals surface area (Å²) in [5.74, 6) is 0. The minimum absolute atomic E-state index is 1.09. The number of hydrogen-bond acceptors (Lipinski definition) is 3. The molecule has 0 aliphatic heterocycles. The third-order valence-electron chi connectivity index (χ3n) is 2.25. The average molecular weight is 309 g/mol. The molecule has 0 heterocycles. The standard InChI is InChI=1S/C13H13BrN2S/c1-15-12-3-2-4-13(9-12)17-16-11-7-5-10(14)6-8-11/h2-9,15-16H,1H3. The molecule has 0 saturated carbocycles. The van der Waals surface area contributed by atoms with Crippen LogP contribution in [0.15, 0.2) is 57.9 Å². The van der Waals surface area contributed by atoms with E-state index in [2.05, 4.69) is 38.1 Å². The molecule has 0 amide bonds. The van der Waals surface area contributed by atoms with Gasteiger partial charge in [0.05, 0.1) is 0 Å². The Morgan fingerprint density at radius 1 is 1.00 bits per heavy atom. The Labute approximate surface area is 114 Å². The van der Waals surface area contributed by atoms with E-state index in [0.29, 0.717) is 0 Å². The predicted octanol–water partition coefficient (Wildman–Crippen LogP) is 4.61. The van der Waals surface area contributed by atoms with Crippen molar-refractivity contribution in [3.8, 4) is 0 Å². The van der Waals surface area contributed by atoms with Gasteiger partial charge in [-0.15, -0.1) is 0 Å². The van der Waals surface area contributed by atoms with Crippen molar-refractivity contribution in [1.29, 1.82) is 0 Å². The van der Waals surface area contributed by atoms with E-state index in [1.54, 1.807) is 11.9 Å². The highest BCUT2D eigenvalue weighted by molar-refractivity contribution is 9.10. The second-order valence-electron chi connectivity index (χ2n) is 3.49. The van der Waals surface area contributed by atoms with Gasteiger partial charge in [0.2, 0.25) is 0 Å². The molecular formula is C13H13BrN2S. The zero-order valence-electron chi connectivity index (χ0n) is 9.41. The normalized spacial score (nSPS) is 10.0. The summed E-state index contributed by atoms with van der Waals surface area (Å²) in [7, 11) is 1.92. The van der Waals surface area contributed by atoms with Crippen LogP contribution < -0.4 is 10.0 Å². The molecule has 2 rings (SSSR count). The van der Waals surface area contributed by atoms with Crippen LogP contribution in [0, 0.1) is 0 Å². The number of halogens is 1. The van der Waals surface area contributed by atoms with Crippen molar-refractivity contribution in [2.45, 2.75) is 4.90 Å². The fourth-order valence-electron chi connectivity index (χ4n) is 1.35. The molecule has 0 bridgehead atoms. The van der Waals surface area contributed by atoms with E-state index in [9.17, 15) is 0 Å². The maximum absolute atomic E-state index is 3.42. The molecule has 0 aliphatic rings. The van der Waals surface area contributed by atoms with Gasteiger partial charge in [0, 0.05) is 27.8 Å². The van der Waals surface area contributed by atoms with Gasteiger partial charge in [-0.1, -0.05) is 22.0 Å². The average Bonchev–Trinajstić information content (AvgIpc) is 2.38. The second-order valence-corrected chi connectivity index (χ2v) is 5.28. The van der Waals surface area contributed by atoms with E-state index in [1.807, 2.05) is 43.4 Å². The lowest BCUT2D eigenvalue weighted by atomic mass is 10.3. The first kappa shape index (κ1) is 12.3. The van der Waals surface area contributed by atoms with Gasteiger partial charge in [-0.25, -0.2) is 0 Å². The third kappa shape index (κ3) is 3.68. The first-order valence-corrected chi connectivity index (χ1v) is 6.85. The molecule has 2 aromatic rings. The Morgan fingerprint density at radius 2 is 1.76 bits per heavy atom. The Kier molecular flexibility index (Phi) is 4.34. The molecule has 2 N–H and O–H groups in total. The number of rotatable bonds is 4. The lowest BCUT2D eigenvalue weighted by Crippen LogP contribution is -1.89. The Balaban J connectivity index is 1.99. The fourth-order valence-corrected chi connectivity index (χ4v) is 2.32. The molecule has 0 aromatic heterocycles. The van der Waals surface area contributed by atoms with Crippen LogP contribution in [0.3, 0.4) is 0 Å². The molecule has 0 radical (unpaired) electrons. The number of benzene rings is 2. The van der Waals surface area contributed by atoms with Gasteiger partial charge in [0.1, 0.15) is 0 Å². The molecular weight excluding hydrogens is 296 g/mol. The van der Waals surface area contributed by atoms with Crippen LogP contribution in [0.25, 0.3) is 0 Å². The monoisotopic (exact) mass is 308 g/mol. The molecule has 0 atom stereocenters. The van der Waals surface area contributed by atoms with Crippen LogP contribution in [0.1, 0.15) is 0 Å². The van der Waals surface area contributed by atoms with Crippen molar-refractivity contribution < 1.29 is 0 Å². The van der Waals surface area contributed by atoms with E-state index in [4.69, 9.17) is 0 Å². The summed E-state index contributed by atoms with van der Waals surface area (Å²) in [5.41, 5.74) is 2.21. The van der Waals surface area contributed by atoms with E-state index < -0.39 is 0 Å². The third-order valence-corrected chi connectivity index (χ3v) is 3.61. The van der Waals surface area contributed by atoms with Gasteiger partial charge >= 0.3 is 0 Å². The first-order valence-electron chi connectivity index (χ1n) is 5.24. The highest BCUT2D eigenvalue weighted by atomic mass is 79.9. The van der Waals surface area contributed by atoms with Crippen molar-refractivity contribution in [2.24, 2.45) is 0 Å². The van der Waals surface area contributed by atoms with Gasteiger partial charge < -0.3 is 10.0 Å². The summed E-state index contributed by atoms with van der Waals surface area (Å²) in [6.07, 6.45) is 0. The number of anilines is 2. The van der Waals surface area contributed by atoms with Crippen molar-refractivity contribution >= 4 is 39.3 Å². The van der Waals surface area contributed by atoms with Crippen molar-refractivity contribution in [1.82, 2.24) is 0 Å². The number of nitrogens with one attached hydrogen (secondary N) is 2. The van der Waals surface area contributed by atoms with Gasteiger partial charge in [-0.05, 0) is 54.4 Å². The molecule has 88 valence electrons. The zero-order valence-corrected chi connectivity index (χ0v) is 11.8. The molecule has 2 aromatic carbocycles. The van der Waals surface area contributed by atoms with Gasteiger partial charge in [0.15, 0.2) is 0 Å². The van der Waals surface area contributed by atoms with E-state index in [0.717, 1.165) is 15.8 Å². The maximum atomic E-state index is 3.42. The molecule has 0 fully saturated rings. The second kappa shape index (κ2) is 5.98. The molecule has 0 aliphatic carbocycles. The summed E-state index contributed by atoms with van der Waals surface area (Å²) in [4.78, 5) is 1.18. The van der Waals surface area contributed by atoms with Crippen LogP contribution in [0.2, 0.25) is 0 Å². The van der Waals surface area contributed by atoms with Gasteiger partial charge in [-0.3, -0.25) is 0 Å². The minimum Gasteiger partial charge on any atom is -0.388 e. The largest absolute Gasteiger partial charge is 0.388 e. The quantitative estimate of drug-likeness (QED) is 0.807. The Morgan fingerprint density at radius 3 is 2.47 bits per heavy atom. The Bertz CT molecular complexity index is 485. The smallest absolute Gasteiger partial charge is 0.0443 e. The lowest BCUT2D eigenvalue weighted by molar-refractivity contribution is 1.41. The fraction of sp³-hybridized carbons (Fsp3) is 0.0769. The molecule has 2 nitrogen and oxygen atoms in total. The van der Waals surface area contributed by atoms with Crippen LogP contribution >= 0.6 is 27.9 Å². The Hall–Kier alpha value is -1.13. The first-order chi connectivity index (χ1) is 8.28. The molecule has 4 heteroatoms. The summed E-state index contributed by atoms with van der Waals surface area (Å²) in [5, 5.41) is 3.13. The van der Waals surface area contributed by atoms with Crippen molar-refractivity contribution in [3.63, 3.8) is 0 Å². The predicted molar refractivity (Wildman–Crippen MR) is 79.6 cm³/mol. The highest BCUT2D eigenvalue weighted by Gasteiger charge is 1.96. The topological polar surface area (TPSA) is 24.1 Å². The molecule has 0 unspecified atom stereocenters. The molecule has 17 heavy (non-hydrogen) atoms. The van der Waals surface area contributed by atoms with Crippen LogP contribution in [0.4, 0.5) is 11.4 Å². The zero-order chi connectivity index (χ0) is 12.1. The van der Waals surface area contributed by atoms with Crippen LogP contribution in [0.5, 0.6) is 0 Å². The number of hydrogen-bond donors (Lipinski definition) is 2. The van der Waals surface area contributed by atoms with Crippen LogP contribution in [-0.2, 0) is 0 Å². The molecule has 0 spiro atoms. The van der Waals surface area contributed by atoms with Crippen LogP contribution in [-0.4, -0.2) is 7.05 Å². The summed E-state index contributed by atoms with van der Waals surface area (Å²) >= 11 is 5.02. The SMILES string of the molecule is CNc1cccc(SNc2ccc(Br)cc2)c1. The van der Waals surface area contributed by atoms with E-state index in [-0.39, 0.29) is 0 Å². The summed E-state index contributed by atoms with van der Waals surface area (Å²) in [6, 6.07) is 16.4. The highest BCUT2D eigenvalue weighted by Crippen LogP contribution is 2.24. The van der Waals surface area contributed by atoms with E-state index >= 15 is 0 Å². The van der Waals surface area contributed by atoms with Crippen molar-refractivity contribution in [2.75, 3.05) is 17.1 Å². The van der Waals surface area contributed by atoms with Crippen molar-refractivity contribution in [3.05, 3.63) is 53.0 Å².